The summed E-state index contributed by atoms with van der Waals surface area (Å²) < 4.78 is 5.70. The lowest BCUT2D eigenvalue weighted by atomic mass is 10.1. The van der Waals surface area contributed by atoms with Crippen LogP contribution in [0.4, 0.5) is 0 Å². The normalized spacial score (nSPS) is 11.3. The molecule has 0 amide bonds. The van der Waals surface area contributed by atoms with Crippen molar-refractivity contribution in [1.29, 1.82) is 0 Å². The van der Waals surface area contributed by atoms with Crippen LogP contribution in [0.15, 0.2) is 24.3 Å². The van der Waals surface area contributed by atoms with Crippen LogP contribution in [0.2, 0.25) is 5.02 Å². The zero-order valence-corrected chi connectivity index (χ0v) is 12.6. The summed E-state index contributed by atoms with van der Waals surface area (Å²) in [5, 5.41) is 9.77. The zero-order valence-electron chi connectivity index (χ0n) is 11.8. The predicted molar refractivity (Wildman–Crippen MR) is 80.0 cm³/mol. The maximum Gasteiger partial charge on any atom is 0.137 e. The molecule has 1 N–H and O–H groups in total. The lowest BCUT2D eigenvalue weighted by molar-refractivity contribution is 0.122. The van der Waals surface area contributed by atoms with Gasteiger partial charge in [0.25, 0.3) is 0 Å². The van der Waals surface area contributed by atoms with Crippen molar-refractivity contribution in [3.05, 3.63) is 29.3 Å². The van der Waals surface area contributed by atoms with Crippen molar-refractivity contribution in [3.63, 3.8) is 0 Å². The molecular weight excluding hydrogens is 262 g/mol. The van der Waals surface area contributed by atoms with E-state index in [0.717, 1.165) is 25.1 Å². The smallest absolute Gasteiger partial charge is 0.137 e. The monoisotopic (exact) mass is 285 g/mol. The van der Waals surface area contributed by atoms with Crippen LogP contribution in [0, 0.1) is 0 Å². The van der Waals surface area contributed by atoms with Crippen molar-refractivity contribution in [2.75, 3.05) is 26.3 Å². The summed E-state index contributed by atoms with van der Waals surface area (Å²) in [7, 11) is 0. The van der Waals surface area contributed by atoms with Crippen molar-refractivity contribution in [1.82, 2.24) is 4.90 Å². The minimum absolute atomic E-state index is 0.183. The van der Waals surface area contributed by atoms with Crippen molar-refractivity contribution < 1.29 is 9.84 Å². The van der Waals surface area contributed by atoms with Crippen LogP contribution in [0.3, 0.4) is 0 Å². The van der Waals surface area contributed by atoms with Crippen LogP contribution in [-0.2, 0) is 0 Å². The number of para-hydroxylation sites is 1. The molecule has 4 heteroatoms. The van der Waals surface area contributed by atoms with E-state index in [1.54, 1.807) is 0 Å². The number of aliphatic hydroxyl groups is 1. The molecule has 0 saturated heterocycles. The molecule has 19 heavy (non-hydrogen) atoms. The Balaban J connectivity index is 2.46. The second-order valence-electron chi connectivity index (χ2n) is 4.51. The standard InChI is InChI=1S/C15H24ClNO2/c1-3-13(4-2)17(9-11-18)10-12-19-15-8-6-5-7-14(15)16/h5-8,13,18H,3-4,9-12H2,1-2H3. The summed E-state index contributed by atoms with van der Waals surface area (Å²) in [5.41, 5.74) is 0. The fourth-order valence-electron chi connectivity index (χ4n) is 2.25. The molecule has 0 aromatic heterocycles. The number of hydrogen-bond donors (Lipinski definition) is 1. The minimum Gasteiger partial charge on any atom is -0.491 e. The number of ether oxygens (including phenoxy) is 1. The van der Waals surface area contributed by atoms with Gasteiger partial charge in [-0.25, -0.2) is 0 Å². The van der Waals surface area contributed by atoms with Crippen LogP contribution in [0.25, 0.3) is 0 Å². The van der Waals surface area contributed by atoms with Gasteiger partial charge in [-0.3, -0.25) is 4.90 Å². The van der Waals surface area contributed by atoms with Crippen molar-refractivity contribution in [3.8, 4) is 5.75 Å². The van der Waals surface area contributed by atoms with Crippen molar-refractivity contribution in [2.24, 2.45) is 0 Å². The van der Waals surface area contributed by atoms with Crippen LogP contribution in [0.5, 0.6) is 5.75 Å². The second kappa shape index (κ2) is 9.18. The van der Waals surface area contributed by atoms with Crippen LogP contribution in [-0.4, -0.2) is 42.4 Å². The van der Waals surface area contributed by atoms with Gasteiger partial charge in [0.2, 0.25) is 0 Å². The summed E-state index contributed by atoms with van der Waals surface area (Å²) in [6, 6.07) is 7.99. The third-order valence-electron chi connectivity index (χ3n) is 3.32. The van der Waals surface area contributed by atoms with Crippen molar-refractivity contribution in [2.45, 2.75) is 32.7 Å². The van der Waals surface area contributed by atoms with E-state index < -0.39 is 0 Å². The largest absolute Gasteiger partial charge is 0.491 e. The van der Waals surface area contributed by atoms with Crippen LogP contribution < -0.4 is 4.74 Å². The first-order chi connectivity index (χ1) is 9.22. The summed E-state index contributed by atoms with van der Waals surface area (Å²) in [5.74, 6) is 0.720. The first-order valence-corrected chi connectivity index (χ1v) is 7.32. The zero-order chi connectivity index (χ0) is 14.1. The quantitative estimate of drug-likeness (QED) is 0.756. The van der Waals surface area contributed by atoms with E-state index in [1.165, 1.54) is 0 Å². The average molecular weight is 286 g/mol. The van der Waals surface area contributed by atoms with Gasteiger partial charge in [0.1, 0.15) is 12.4 Å². The summed E-state index contributed by atoms with van der Waals surface area (Å²) in [6.45, 7) is 6.61. The van der Waals surface area contributed by atoms with Gasteiger partial charge in [-0.05, 0) is 25.0 Å². The van der Waals surface area contributed by atoms with Gasteiger partial charge in [0.15, 0.2) is 0 Å². The third-order valence-corrected chi connectivity index (χ3v) is 3.63. The van der Waals surface area contributed by atoms with Crippen LogP contribution >= 0.6 is 11.6 Å². The molecule has 0 atom stereocenters. The average Bonchev–Trinajstić information content (AvgIpc) is 2.42. The molecule has 0 saturated carbocycles. The highest BCUT2D eigenvalue weighted by molar-refractivity contribution is 6.32. The first-order valence-electron chi connectivity index (χ1n) is 6.95. The molecule has 0 radical (unpaired) electrons. The Kier molecular flexibility index (Phi) is 7.87. The highest BCUT2D eigenvalue weighted by Crippen LogP contribution is 2.23. The van der Waals surface area contributed by atoms with E-state index in [9.17, 15) is 0 Å². The molecule has 1 rings (SSSR count). The van der Waals surface area contributed by atoms with E-state index in [1.807, 2.05) is 24.3 Å². The lowest BCUT2D eigenvalue weighted by Crippen LogP contribution is -2.39. The Labute approximate surface area is 121 Å². The fraction of sp³-hybridized carbons (Fsp3) is 0.600. The van der Waals surface area contributed by atoms with E-state index >= 15 is 0 Å². The molecule has 0 fully saturated rings. The fourth-order valence-corrected chi connectivity index (χ4v) is 2.44. The van der Waals surface area contributed by atoms with E-state index in [0.29, 0.717) is 24.2 Å². The highest BCUT2D eigenvalue weighted by Gasteiger charge is 2.14. The lowest BCUT2D eigenvalue weighted by Gasteiger charge is -2.29. The minimum atomic E-state index is 0.183. The molecule has 108 valence electrons. The maximum absolute atomic E-state index is 9.13. The molecule has 3 nitrogen and oxygen atoms in total. The molecule has 1 aromatic carbocycles. The van der Waals surface area contributed by atoms with Gasteiger partial charge in [-0.1, -0.05) is 37.6 Å². The molecule has 0 unspecified atom stereocenters. The van der Waals surface area contributed by atoms with Gasteiger partial charge >= 0.3 is 0 Å². The number of halogens is 1. The summed E-state index contributed by atoms with van der Waals surface area (Å²) >= 11 is 6.04. The van der Waals surface area contributed by atoms with Gasteiger partial charge in [-0.2, -0.15) is 0 Å². The Bertz CT molecular complexity index is 356. The molecule has 0 aliphatic rings. The van der Waals surface area contributed by atoms with Gasteiger partial charge in [0.05, 0.1) is 11.6 Å². The Hall–Kier alpha value is -0.770. The van der Waals surface area contributed by atoms with E-state index in [4.69, 9.17) is 21.4 Å². The Morgan fingerprint density at radius 3 is 2.47 bits per heavy atom. The molecule has 0 heterocycles. The first kappa shape index (κ1) is 16.3. The van der Waals surface area contributed by atoms with Crippen LogP contribution in [0.1, 0.15) is 26.7 Å². The second-order valence-corrected chi connectivity index (χ2v) is 4.92. The van der Waals surface area contributed by atoms with E-state index in [-0.39, 0.29) is 6.61 Å². The number of benzene rings is 1. The molecular formula is C15H24ClNO2. The Morgan fingerprint density at radius 1 is 1.21 bits per heavy atom. The molecule has 0 aliphatic heterocycles. The summed E-state index contributed by atoms with van der Waals surface area (Å²) in [6.07, 6.45) is 2.17. The topological polar surface area (TPSA) is 32.7 Å². The molecule has 1 aromatic rings. The predicted octanol–water partition coefficient (Wildman–Crippen LogP) is 3.20. The number of aliphatic hydroxyl groups excluding tert-OH is 1. The molecule has 0 aliphatic carbocycles. The molecule has 0 bridgehead atoms. The maximum atomic E-state index is 9.13. The highest BCUT2D eigenvalue weighted by atomic mass is 35.5. The number of hydrogen-bond acceptors (Lipinski definition) is 3. The third kappa shape index (κ3) is 5.39. The van der Waals surface area contributed by atoms with E-state index in [2.05, 4.69) is 18.7 Å². The van der Waals surface area contributed by atoms with Gasteiger partial charge in [-0.15, -0.1) is 0 Å². The Morgan fingerprint density at radius 2 is 1.89 bits per heavy atom. The SMILES string of the molecule is CCC(CC)N(CCO)CCOc1ccccc1Cl. The number of nitrogens with zero attached hydrogens (tertiary/aromatic N) is 1. The number of rotatable bonds is 9. The summed E-state index contributed by atoms with van der Waals surface area (Å²) in [4.78, 5) is 2.27. The molecule has 0 spiro atoms. The van der Waals surface area contributed by atoms with Gasteiger partial charge < -0.3 is 9.84 Å². The van der Waals surface area contributed by atoms with Gasteiger partial charge in [0, 0.05) is 19.1 Å². The van der Waals surface area contributed by atoms with Crippen molar-refractivity contribution >= 4 is 11.6 Å².